The maximum absolute atomic E-state index is 13.7. The Morgan fingerprint density at radius 3 is 2.12 bits per heavy atom. The van der Waals surface area contributed by atoms with Gasteiger partial charge in [0.25, 0.3) is 0 Å². The lowest BCUT2D eigenvalue weighted by Gasteiger charge is -2.45. The van der Waals surface area contributed by atoms with Crippen molar-refractivity contribution in [2.24, 2.45) is 0 Å². The molecule has 1 aliphatic carbocycles. The number of nitrogens with zero attached hydrogens (tertiary/aromatic N) is 1. The van der Waals surface area contributed by atoms with Gasteiger partial charge in [-0.3, -0.25) is 9.59 Å². The molecular weight excluding hydrogens is 414 g/mol. The van der Waals surface area contributed by atoms with Gasteiger partial charge in [-0.15, -0.1) is 0 Å². The van der Waals surface area contributed by atoms with Crippen LogP contribution in [0.3, 0.4) is 0 Å². The molecule has 2 aromatic carbocycles. The summed E-state index contributed by atoms with van der Waals surface area (Å²) in [6.07, 6.45) is 2.25. The molecule has 1 unspecified atom stereocenters. The summed E-state index contributed by atoms with van der Waals surface area (Å²) in [5.74, 6) is -3.40. The first-order valence-corrected chi connectivity index (χ1v) is 9.79. The van der Waals surface area contributed by atoms with Crippen LogP contribution in [0.5, 0.6) is 0 Å². The van der Waals surface area contributed by atoms with E-state index in [2.05, 4.69) is 0 Å². The average molecular weight is 431 g/mol. The van der Waals surface area contributed by atoms with E-state index in [4.69, 9.17) is 14.2 Å². The zero-order valence-corrected chi connectivity index (χ0v) is 17.2. The number of esters is 2. The number of hydrogen-bond donors (Lipinski definition) is 0. The Bertz CT molecular complexity index is 1240. The zero-order chi connectivity index (χ0) is 22.6. The molecule has 1 spiro atoms. The number of carbonyl (C=O) groups is 4. The molecule has 2 heterocycles. The molecule has 0 saturated carbocycles. The third-order valence-corrected chi connectivity index (χ3v) is 5.89. The van der Waals surface area contributed by atoms with E-state index in [1.807, 2.05) is 12.1 Å². The molecule has 0 saturated heterocycles. The predicted molar refractivity (Wildman–Crippen MR) is 110 cm³/mol. The lowest BCUT2D eigenvalue weighted by Crippen LogP contribution is -2.57. The van der Waals surface area contributed by atoms with E-state index < -0.39 is 40.9 Å². The minimum Gasteiger partial charge on any atom is -0.465 e. The van der Waals surface area contributed by atoms with Crippen molar-refractivity contribution in [1.29, 1.82) is 0 Å². The van der Waals surface area contributed by atoms with Crippen LogP contribution >= 0.6 is 0 Å². The van der Waals surface area contributed by atoms with E-state index in [1.165, 1.54) is 17.0 Å². The van der Waals surface area contributed by atoms with Gasteiger partial charge in [0, 0.05) is 22.9 Å². The molecule has 8 nitrogen and oxygen atoms in total. The molecule has 8 heteroatoms. The molecule has 0 radical (unpaired) electrons. The summed E-state index contributed by atoms with van der Waals surface area (Å²) in [7, 11) is 2.25. The molecular formula is C24H17NO7. The number of hydrogen-bond acceptors (Lipinski definition) is 8. The molecule has 0 bridgehead atoms. The van der Waals surface area contributed by atoms with Gasteiger partial charge in [-0.05, 0) is 11.6 Å². The molecule has 2 aromatic rings. The summed E-state index contributed by atoms with van der Waals surface area (Å²) >= 11 is 0. The van der Waals surface area contributed by atoms with Crippen molar-refractivity contribution in [1.82, 2.24) is 4.90 Å². The van der Waals surface area contributed by atoms with E-state index >= 15 is 0 Å². The average Bonchev–Trinajstić information content (AvgIpc) is 3.04. The topological polar surface area (TPSA) is 99.2 Å². The number of Topliss-reactive ketones (excluding diaryl/α,β-unsaturated/α-hetero) is 2. The zero-order valence-electron chi connectivity index (χ0n) is 17.2. The quantitative estimate of drug-likeness (QED) is 0.528. The lowest BCUT2D eigenvalue weighted by molar-refractivity contribution is -0.153. The summed E-state index contributed by atoms with van der Waals surface area (Å²) in [5.41, 5.74) is -1.54. The van der Waals surface area contributed by atoms with Crippen molar-refractivity contribution in [2.75, 3.05) is 14.2 Å². The lowest BCUT2D eigenvalue weighted by atomic mass is 9.83. The van der Waals surface area contributed by atoms with Crippen LogP contribution in [0.2, 0.25) is 0 Å². The Kier molecular flexibility index (Phi) is 4.35. The maximum atomic E-state index is 13.7. The van der Waals surface area contributed by atoms with Gasteiger partial charge >= 0.3 is 11.9 Å². The SMILES string of the molecule is COC(=O)C1=C(C(=O)OC)C2(OC3c4ccccc4C=CN13)C(=O)c1ccccc1C2=O. The van der Waals surface area contributed by atoms with Gasteiger partial charge in [0.1, 0.15) is 11.3 Å². The van der Waals surface area contributed by atoms with Crippen molar-refractivity contribution in [3.63, 3.8) is 0 Å². The summed E-state index contributed by atoms with van der Waals surface area (Å²) in [4.78, 5) is 54.7. The molecule has 3 aliphatic rings. The normalized spacial score (nSPS) is 20.1. The molecule has 2 aliphatic heterocycles. The Labute approximate surface area is 182 Å². The Balaban J connectivity index is 1.86. The Hall–Kier alpha value is -4.04. The second kappa shape index (κ2) is 7.00. The van der Waals surface area contributed by atoms with Crippen molar-refractivity contribution in [3.05, 3.63) is 88.3 Å². The van der Waals surface area contributed by atoms with Crippen molar-refractivity contribution in [2.45, 2.75) is 11.8 Å². The number of rotatable bonds is 2. The summed E-state index contributed by atoms with van der Waals surface area (Å²) in [6, 6.07) is 13.4. The van der Waals surface area contributed by atoms with Crippen LogP contribution in [0, 0.1) is 0 Å². The first kappa shape index (κ1) is 19.9. The maximum Gasteiger partial charge on any atom is 0.355 e. The van der Waals surface area contributed by atoms with Crippen LogP contribution in [-0.2, 0) is 23.8 Å². The van der Waals surface area contributed by atoms with E-state index in [0.717, 1.165) is 19.8 Å². The van der Waals surface area contributed by atoms with Crippen LogP contribution in [0.15, 0.2) is 66.0 Å². The third-order valence-electron chi connectivity index (χ3n) is 5.89. The van der Waals surface area contributed by atoms with Crippen LogP contribution < -0.4 is 0 Å². The highest BCUT2D eigenvalue weighted by atomic mass is 16.6. The molecule has 32 heavy (non-hydrogen) atoms. The fraction of sp³-hybridized carbons (Fsp3) is 0.167. The fourth-order valence-corrected chi connectivity index (χ4v) is 4.45. The monoisotopic (exact) mass is 431 g/mol. The number of fused-ring (bicyclic) bond motifs is 4. The summed E-state index contributed by atoms with van der Waals surface area (Å²) in [6.45, 7) is 0. The molecule has 0 aromatic heterocycles. The first-order valence-electron chi connectivity index (χ1n) is 9.79. The van der Waals surface area contributed by atoms with Gasteiger partial charge in [0.05, 0.1) is 14.2 Å². The first-order chi connectivity index (χ1) is 15.5. The number of carbonyl (C=O) groups excluding carboxylic acids is 4. The minimum absolute atomic E-state index is 0.108. The van der Waals surface area contributed by atoms with Crippen LogP contribution in [0.1, 0.15) is 38.1 Å². The van der Waals surface area contributed by atoms with Gasteiger partial charge in [0.15, 0.2) is 6.23 Å². The fourth-order valence-electron chi connectivity index (χ4n) is 4.45. The van der Waals surface area contributed by atoms with E-state index in [0.29, 0.717) is 5.56 Å². The number of ether oxygens (including phenoxy) is 3. The minimum atomic E-state index is -2.38. The standard InChI is InChI=1S/C24H17NO7/c1-30-22(28)17-18(23(29)31-2)25-12-11-13-7-3-4-8-14(13)21(25)32-24(17)19(26)15-9-5-6-10-16(15)20(24)27/h3-12,21H,1-2H3. The molecule has 1 atom stereocenters. The summed E-state index contributed by atoms with van der Waals surface area (Å²) < 4.78 is 16.1. The van der Waals surface area contributed by atoms with Gasteiger partial charge in [-0.2, -0.15) is 0 Å². The van der Waals surface area contributed by atoms with E-state index in [-0.39, 0.29) is 16.8 Å². The molecule has 160 valence electrons. The highest BCUT2D eigenvalue weighted by Gasteiger charge is 2.65. The number of ketones is 2. The largest absolute Gasteiger partial charge is 0.465 e. The second-order valence-corrected chi connectivity index (χ2v) is 7.41. The second-order valence-electron chi connectivity index (χ2n) is 7.41. The van der Waals surface area contributed by atoms with Crippen LogP contribution in [0.25, 0.3) is 6.08 Å². The van der Waals surface area contributed by atoms with Gasteiger partial charge in [-0.25, -0.2) is 9.59 Å². The third kappa shape index (κ3) is 2.41. The van der Waals surface area contributed by atoms with Crippen molar-refractivity contribution in [3.8, 4) is 0 Å². The Morgan fingerprint density at radius 2 is 1.50 bits per heavy atom. The van der Waals surface area contributed by atoms with Crippen molar-refractivity contribution >= 4 is 29.6 Å². The highest BCUT2D eigenvalue weighted by Crippen LogP contribution is 2.50. The number of benzene rings is 2. The molecule has 5 rings (SSSR count). The van der Waals surface area contributed by atoms with Gasteiger partial charge in [0.2, 0.25) is 17.2 Å². The van der Waals surface area contributed by atoms with Gasteiger partial charge < -0.3 is 19.1 Å². The highest BCUT2D eigenvalue weighted by molar-refractivity contribution is 6.37. The number of methoxy groups -OCH3 is 2. The van der Waals surface area contributed by atoms with Crippen LogP contribution in [-0.4, -0.2) is 48.2 Å². The molecule has 0 fully saturated rings. The van der Waals surface area contributed by atoms with Crippen molar-refractivity contribution < 1.29 is 33.4 Å². The van der Waals surface area contributed by atoms with Gasteiger partial charge in [-0.1, -0.05) is 48.5 Å². The predicted octanol–water partition coefficient (Wildman–Crippen LogP) is 2.42. The van der Waals surface area contributed by atoms with Crippen LogP contribution in [0.4, 0.5) is 0 Å². The summed E-state index contributed by atoms with van der Waals surface area (Å²) in [5, 5.41) is 0. The Morgan fingerprint density at radius 1 is 0.906 bits per heavy atom. The van der Waals surface area contributed by atoms with E-state index in [1.54, 1.807) is 36.5 Å². The van der Waals surface area contributed by atoms with E-state index in [9.17, 15) is 19.2 Å². The smallest absolute Gasteiger partial charge is 0.355 e. The molecule has 0 amide bonds. The molecule has 0 N–H and O–H groups in total.